The van der Waals surface area contributed by atoms with Crippen LogP contribution in [0.4, 0.5) is 0 Å². The van der Waals surface area contributed by atoms with E-state index in [9.17, 15) is 5.11 Å². The van der Waals surface area contributed by atoms with Crippen molar-refractivity contribution in [1.29, 1.82) is 0 Å². The van der Waals surface area contributed by atoms with Crippen LogP contribution in [0.1, 0.15) is 42.0 Å². The Morgan fingerprint density at radius 1 is 1.26 bits per heavy atom. The Kier molecular flexibility index (Phi) is 4.23. The summed E-state index contributed by atoms with van der Waals surface area (Å²) < 4.78 is 16.4. The number of benzene rings is 1. The molecule has 3 rings (SSSR count). The summed E-state index contributed by atoms with van der Waals surface area (Å²) >= 11 is 0. The highest BCUT2D eigenvalue weighted by molar-refractivity contribution is 5.51. The number of hydrogen-bond donors (Lipinski definition) is 1. The van der Waals surface area contributed by atoms with Crippen LogP contribution in [0.5, 0.6) is 11.5 Å². The number of aliphatic hydroxyl groups excluding tert-OH is 1. The maximum atomic E-state index is 10.6. The second-order valence-corrected chi connectivity index (χ2v) is 5.64. The summed E-state index contributed by atoms with van der Waals surface area (Å²) in [5, 5.41) is 18.6. The van der Waals surface area contributed by atoms with Crippen LogP contribution >= 0.6 is 0 Å². The van der Waals surface area contributed by atoms with Gasteiger partial charge >= 0.3 is 0 Å². The molecule has 2 unspecified atom stereocenters. The Morgan fingerprint density at radius 2 is 1.96 bits per heavy atom. The van der Waals surface area contributed by atoms with Crippen molar-refractivity contribution in [3.63, 3.8) is 0 Å². The lowest BCUT2D eigenvalue weighted by Crippen LogP contribution is -2.36. The number of methoxy groups -OCH3 is 2. The minimum Gasteiger partial charge on any atom is -0.496 e. The van der Waals surface area contributed by atoms with Crippen molar-refractivity contribution in [2.75, 3.05) is 20.8 Å². The van der Waals surface area contributed by atoms with Crippen LogP contribution in [0.25, 0.3) is 0 Å². The van der Waals surface area contributed by atoms with E-state index in [4.69, 9.17) is 13.9 Å². The van der Waals surface area contributed by atoms with Gasteiger partial charge in [0.15, 0.2) is 0 Å². The highest BCUT2D eigenvalue weighted by atomic mass is 16.5. The van der Waals surface area contributed by atoms with Crippen LogP contribution in [-0.2, 0) is 6.54 Å². The van der Waals surface area contributed by atoms with Gasteiger partial charge in [-0.1, -0.05) is 0 Å². The highest BCUT2D eigenvalue weighted by Crippen LogP contribution is 2.41. The Hall–Kier alpha value is -2.12. The van der Waals surface area contributed by atoms with Crippen LogP contribution in [0.2, 0.25) is 0 Å². The topological polar surface area (TPSA) is 80.9 Å². The molecule has 0 spiro atoms. The van der Waals surface area contributed by atoms with Gasteiger partial charge in [-0.3, -0.25) is 4.90 Å². The number of aliphatic hydroxyl groups is 1. The number of hydrogen-bond acceptors (Lipinski definition) is 7. The molecule has 0 radical (unpaired) electrons. The third-order valence-corrected chi connectivity index (χ3v) is 4.26. The van der Waals surface area contributed by atoms with Crippen molar-refractivity contribution in [3.05, 3.63) is 35.0 Å². The lowest BCUT2D eigenvalue weighted by atomic mass is 9.94. The van der Waals surface area contributed by atoms with Gasteiger partial charge in [0.1, 0.15) is 11.5 Å². The quantitative estimate of drug-likeness (QED) is 0.923. The number of fused-ring (bicyclic) bond motifs is 1. The first-order valence-corrected chi connectivity index (χ1v) is 7.51. The maximum Gasteiger partial charge on any atom is 0.233 e. The summed E-state index contributed by atoms with van der Waals surface area (Å²) in [4.78, 5) is 2.09. The van der Waals surface area contributed by atoms with E-state index in [1.54, 1.807) is 21.1 Å². The molecular formula is C16H21N3O4. The summed E-state index contributed by atoms with van der Waals surface area (Å²) in [5.41, 5.74) is 1.71. The van der Waals surface area contributed by atoms with Crippen molar-refractivity contribution in [1.82, 2.24) is 15.1 Å². The largest absolute Gasteiger partial charge is 0.496 e. The SMILES string of the molecule is COc1ccc(OC)c2c1CN(C(C)c1nnc(C)o1)CC2O. The molecule has 1 aromatic carbocycles. The molecule has 7 nitrogen and oxygen atoms in total. The normalized spacial score (nSPS) is 19.3. The Balaban J connectivity index is 1.96. The van der Waals surface area contributed by atoms with E-state index in [0.29, 0.717) is 30.6 Å². The molecule has 7 heteroatoms. The van der Waals surface area contributed by atoms with Crippen molar-refractivity contribution in [2.45, 2.75) is 32.5 Å². The monoisotopic (exact) mass is 319 g/mol. The van der Waals surface area contributed by atoms with Gasteiger partial charge in [-0.05, 0) is 19.1 Å². The number of nitrogens with zero attached hydrogens (tertiary/aromatic N) is 3. The number of rotatable bonds is 4. The number of β-amino-alcohol motifs (C(OH)–C–C–N with tert-alkyl or cyclic N) is 1. The Morgan fingerprint density at radius 3 is 2.57 bits per heavy atom. The average Bonchev–Trinajstić information content (AvgIpc) is 2.99. The fourth-order valence-corrected chi connectivity index (χ4v) is 3.03. The molecule has 0 fully saturated rings. The van der Waals surface area contributed by atoms with Gasteiger partial charge in [-0.25, -0.2) is 0 Å². The summed E-state index contributed by atoms with van der Waals surface area (Å²) in [6.07, 6.45) is -0.671. The van der Waals surface area contributed by atoms with Crippen molar-refractivity contribution in [3.8, 4) is 11.5 Å². The molecule has 2 heterocycles. The molecule has 1 aromatic heterocycles. The minimum atomic E-state index is -0.671. The molecule has 2 aromatic rings. The second-order valence-electron chi connectivity index (χ2n) is 5.64. The lowest BCUT2D eigenvalue weighted by Gasteiger charge is -2.36. The van der Waals surface area contributed by atoms with Gasteiger partial charge in [0.05, 0.1) is 26.4 Å². The molecule has 0 saturated carbocycles. The first-order chi connectivity index (χ1) is 11.0. The van der Waals surface area contributed by atoms with Crippen molar-refractivity contribution < 1.29 is 19.0 Å². The Bertz CT molecular complexity index is 701. The fourth-order valence-electron chi connectivity index (χ4n) is 3.03. The van der Waals surface area contributed by atoms with Gasteiger partial charge in [-0.15, -0.1) is 10.2 Å². The van der Waals surface area contributed by atoms with Gasteiger partial charge < -0.3 is 19.0 Å². The highest BCUT2D eigenvalue weighted by Gasteiger charge is 2.33. The summed E-state index contributed by atoms with van der Waals surface area (Å²) in [6.45, 7) is 4.81. The molecule has 2 atom stereocenters. The number of ether oxygens (including phenoxy) is 2. The third kappa shape index (κ3) is 2.77. The summed E-state index contributed by atoms with van der Waals surface area (Å²) in [6, 6.07) is 3.58. The van der Waals surface area contributed by atoms with E-state index >= 15 is 0 Å². The Labute approximate surface area is 134 Å². The first kappa shape index (κ1) is 15.8. The second kappa shape index (κ2) is 6.17. The zero-order valence-corrected chi connectivity index (χ0v) is 13.7. The van der Waals surface area contributed by atoms with Crippen LogP contribution in [0.15, 0.2) is 16.5 Å². The molecule has 23 heavy (non-hydrogen) atoms. The van der Waals surface area contributed by atoms with Gasteiger partial charge in [-0.2, -0.15) is 0 Å². The zero-order chi connectivity index (χ0) is 16.6. The van der Waals surface area contributed by atoms with E-state index in [-0.39, 0.29) is 6.04 Å². The van der Waals surface area contributed by atoms with E-state index in [1.807, 2.05) is 19.1 Å². The number of aromatic nitrogens is 2. The molecule has 0 bridgehead atoms. The standard InChI is InChI=1S/C16H21N3O4/c1-9(16-18-17-10(2)23-16)19-7-11-13(21-3)5-6-14(22-4)15(11)12(20)8-19/h5-6,9,12,20H,7-8H2,1-4H3. The van der Waals surface area contributed by atoms with Crippen LogP contribution in [0.3, 0.4) is 0 Å². The zero-order valence-electron chi connectivity index (χ0n) is 13.7. The van der Waals surface area contributed by atoms with Crippen molar-refractivity contribution >= 4 is 0 Å². The molecule has 1 aliphatic heterocycles. The van der Waals surface area contributed by atoms with E-state index in [2.05, 4.69) is 15.1 Å². The smallest absolute Gasteiger partial charge is 0.233 e. The van der Waals surface area contributed by atoms with Gasteiger partial charge in [0.25, 0.3) is 0 Å². The summed E-state index contributed by atoms with van der Waals surface area (Å²) in [5.74, 6) is 2.48. The molecule has 1 aliphatic rings. The maximum absolute atomic E-state index is 10.6. The molecular weight excluding hydrogens is 298 g/mol. The van der Waals surface area contributed by atoms with Crippen LogP contribution < -0.4 is 9.47 Å². The number of aryl methyl sites for hydroxylation is 1. The van der Waals surface area contributed by atoms with Gasteiger partial charge in [0, 0.05) is 31.1 Å². The summed E-state index contributed by atoms with van der Waals surface area (Å²) in [7, 11) is 3.23. The molecule has 0 aliphatic carbocycles. The van der Waals surface area contributed by atoms with Crippen LogP contribution in [0, 0.1) is 6.92 Å². The minimum absolute atomic E-state index is 0.102. The third-order valence-electron chi connectivity index (χ3n) is 4.26. The predicted octanol–water partition coefficient (Wildman–Crippen LogP) is 2.01. The van der Waals surface area contributed by atoms with E-state index < -0.39 is 6.10 Å². The van der Waals surface area contributed by atoms with Crippen molar-refractivity contribution in [2.24, 2.45) is 0 Å². The average molecular weight is 319 g/mol. The lowest BCUT2D eigenvalue weighted by molar-refractivity contribution is 0.0584. The molecule has 1 N–H and O–H groups in total. The molecule has 124 valence electrons. The molecule has 0 saturated heterocycles. The molecule has 0 amide bonds. The van der Waals surface area contributed by atoms with E-state index in [0.717, 1.165) is 16.9 Å². The van der Waals surface area contributed by atoms with Crippen LogP contribution in [-0.4, -0.2) is 41.0 Å². The fraction of sp³-hybridized carbons (Fsp3) is 0.500. The predicted molar refractivity (Wildman–Crippen MR) is 82.4 cm³/mol. The first-order valence-electron chi connectivity index (χ1n) is 7.51. The van der Waals surface area contributed by atoms with E-state index in [1.165, 1.54) is 0 Å². The van der Waals surface area contributed by atoms with Gasteiger partial charge in [0.2, 0.25) is 11.8 Å².